The molecule has 31 heavy (non-hydrogen) atoms. The van der Waals surface area contributed by atoms with E-state index in [9.17, 15) is 17.6 Å². The van der Waals surface area contributed by atoms with Crippen LogP contribution in [0.15, 0.2) is 59.6 Å². The lowest BCUT2D eigenvalue weighted by atomic mass is 10.2. The molecule has 1 N–H and O–H groups in total. The molecule has 1 amide bonds. The highest BCUT2D eigenvalue weighted by Gasteiger charge is 2.22. The van der Waals surface area contributed by atoms with Gasteiger partial charge < -0.3 is 14.8 Å². The summed E-state index contributed by atoms with van der Waals surface area (Å²) in [5.41, 5.74) is 1.19. The predicted octanol–water partition coefficient (Wildman–Crippen LogP) is 3.21. The summed E-state index contributed by atoms with van der Waals surface area (Å²) in [5.74, 6) is -0.822. The number of nitrogens with one attached hydrogen (secondary N) is 1. The molecule has 0 fully saturated rings. The SMILES string of the molecule is CCN(CC)CCNC(=O)Cn1cc(S(=O)(=O)Cc2ccc(F)cc2)c2ccccc21. The maximum absolute atomic E-state index is 13.2. The number of nitrogens with zero attached hydrogens (tertiary/aromatic N) is 2. The van der Waals surface area contributed by atoms with E-state index >= 15 is 0 Å². The van der Waals surface area contributed by atoms with E-state index in [2.05, 4.69) is 24.1 Å². The first kappa shape index (κ1) is 23.0. The molecule has 166 valence electrons. The molecule has 1 heterocycles. The summed E-state index contributed by atoms with van der Waals surface area (Å²) in [6.07, 6.45) is 1.52. The maximum atomic E-state index is 13.2. The highest BCUT2D eigenvalue weighted by atomic mass is 32.2. The lowest BCUT2D eigenvalue weighted by Crippen LogP contribution is -2.36. The molecule has 0 aliphatic heterocycles. The molecule has 0 atom stereocenters. The van der Waals surface area contributed by atoms with Gasteiger partial charge in [-0.1, -0.05) is 44.2 Å². The van der Waals surface area contributed by atoms with Gasteiger partial charge >= 0.3 is 0 Å². The zero-order valence-electron chi connectivity index (χ0n) is 17.8. The Morgan fingerprint density at radius 3 is 2.42 bits per heavy atom. The molecule has 0 unspecified atom stereocenters. The largest absolute Gasteiger partial charge is 0.353 e. The monoisotopic (exact) mass is 445 g/mol. The molecule has 3 aromatic rings. The van der Waals surface area contributed by atoms with Gasteiger partial charge in [0.2, 0.25) is 5.91 Å². The number of carbonyl (C=O) groups excluding carboxylic acids is 1. The van der Waals surface area contributed by atoms with Crippen molar-refractivity contribution in [2.45, 2.75) is 31.0 Å². The predicted molar refractivity (Wildman–Crippen MR) is 120 cm³/mol. The van der Waals surface area contributed by atoms with Crippen LogP contribution in [-0.2, 0) is 26.9 Å². The Kier molecular flexibility index (Phi) is 7.46. The van der Waals surface area contributed by atoms with Gasteiger partial charge in [-0.05, 0) is 36.9 Å². The number of sulfone groups is 1. The van der Waals surface area contributed by atoms with Crippen LogP contribution < -0.4 is 5.32 Å². The van der Waals surface area contributed by atoms with Gasteiger partial charge in [-0.2, -0.15) is 0 Å². The Balaban J connectivity index is 1.80. The van der Waals surface area contributed by atoms with Crippen LogP contribution in [0, 0.1) is 5.82 Å². The zero-order chi connectivity index (χ0) is 22.4. The van der Waals surface area contributed by atoms with Gasteiger partial charge in [0.1, 0.15) is 12.4 Å². The second-order valence-electron chi connectivity index (χ2n) is 7.40. The van der Waals surface area contributed by atoms with E-state index in [0.717, 1.165) is 19.6 Å². The number of halogens is 1. The third kappa shape index (κ3) is 5.71. The molecule has 0 spiro atoms. The number of amides is 1. The van der Waals surface area contributed by atoms with Crippen LogP contribution >= 0.6 is 0 Å². The Hall–Kier alpha value is -2.71. The first-order valence-electron chi connectivity index (χ1n) is 10.4. The van der Waals surface area contributed by atoms with Gasteiger partial charge in [-0.15, -0.1) is 0 Å². The summed E-state index contributed by atoms with van der Waals surface area (Å²) in [6, 6.07) is 12.6. The van der Waals surface area contributed by atoms with E-state index in [1.54, 1.807) is 22.8 Å². The molecule has 0 bridgehead atoms. The van der Waals surface area contributed by atoms with E-state index in [0.29, 0.717) is 23.0 Å². The number of fused-ring (bicyclic) bond motifs is 1. The molecule has 0 saturated heterocycles. The van der Waals surface area contributed by atoms with Crippen LogP contribution in [0.2, 0.25) is 0 Å². The summed E-state index contributed by atoms with van der Waals surface area (Å²) in [7, 11) is -3.68. The fourth-order valence-electron chi connectivity index (χ4n) is 3.57. The normalized spacial score (nSPS) is 11.9. The van der Waals surface area contributed by atoms with Gasteiger partial charge in [-0.25, -0.2) is 12.8 Å². The quantitative estimate of drug-likeness (QED) is 0.520. The second-order valence-corrected chi connectivity index (χ2v) is 9.36. The first-order chi connectivity index (χ1) is 14.8. The first-order valence-corrected chi connectivity index (χ1v) is 12.0. The summed E-state index contributed by atoms with van der Waals surface area (Å²) in [4.78, 5) is 14.8. The molecule has 2 aromatic carbocycles. The number of likely N-dealkylation sites (N-methyl/N-ethyl adjacent to an activating group) is 1. The van der Waals surface area contributed by atoms with E-state index in [1.807, 2.05) is 6.07 Å². The van der Waals surface area contributed by atoms with Gasteiger partial charge in [0.15, 0.2) is 9.84 Å². The number of hydrogen-bond donors (Lipinski definition) is 1. The van der Waals surface area contributed by atoms with Crippen LogP contribution in [-0.4, -0.2) is 50.0 Å². The van der Waals surface area contributed by atoms with Crippen molar-refractivity contribution in [2.75, 3.05) is 26.2 Å². The minimum Gasteiger partial charge on any atom is -0.353 e. The van der Waals surface area contributed by atoms with Gasteiger partial charge in [0.25, 0.3) is 0 Å². The van der Waals surface area contributed by atoms with Crippen molar-refractivity contribution in [1.29, 1.82) is 0 Å². The smallest absolute Gasteiger partial charge is 0.239 e. The van der Waals surface area contributed by atoms with E-state index < -0.39 is 15.7 Å². The summed E-state index contributed by atoms with van der Waals surface area (Å²) in [5, 5.41) is 3.47. The molecule has 0 aliphatic rings. The van der Waals surface area contributed by atoms with Crippen LogP contribution in [0.4, 0.5) is 4.39 Å². The zero-order valence-corrected chi connectivity index (χ0v) is 18.7. The Morgan fingerprint density at radius 2 is 1.74 bits per heavy atom. The van der Waals surface area contributed by atoms with Gasteiger partial charge in [-0.3, -0.25) is 4.79 Å². The minimum atomic E-state index is -3.68. The summed E-state index contributed by atoms with van der Waals surface area (Å²) in [6.45, 7) is 7.33. The molecule has 1 aromatic heterocycles. The summed E-state index contributed by atoms with van der Waals surface area (Å²) >= 11 is 0. The third-order valence-corrected chi connectivity index (χ3v) is 7.02. The highest BCUT2D eigenvalue weighted by Crippen LogP contribution is 2.28. The standard InChI is InChI=1S/C23H28FN3O3S/c1-3-26(4-2)14-13-25-23(28)16-27-15-22(20-7-5-6-8-21(20)27)31(29,30)17-18-9-11-19(24)12-10-18/h5-12,15H,3-4,13-14,16-17H2,1-2H3,(H,25,28). The number of para-hydroxylation sites is 1. The van der Waals surface area contributed by atoms with Gasteiger partial charge in [0.05, 0.1) is 10.6 Å². The lowest BCUT2D eigenvalue weighted by Gasteiger charge is -2.18. The number of aromatic nitrogens is 1. The average molecular weight is 446 g/mol. The fraction of sp³-hybridized carbons (Fsp3) is 0.348. The molecule has 0 saturated carbocycles. The van der Waals surface area contributed by atoms with Crippen LogP contribution in [0.3, 0.4) is 0 Å². The second kappa shape index (κ2) is 10.1. The topological polar surface area (TPSA) is 71.4 Å². The highest BCUT2D eigenvalue weighted by molar-refractivity contribution is 7.90. The molecule has 6 nitrogen and oxygen atoms in total. The van der Waals surface area contributed by atoms with Crippen molar-refractivity contribution in [3.05, 3.63) is 66.1 Å². The fourth-order valence-corrected chi connectivity index (χ4v) is 5.16. The maximum Gasteiger partial charge on any atom is 0.239 e. The van der Waals surface area contributed by atoms with E-state index in [1.165, 1.54) is 30.5 Å². The molecule has 0 radical (unpaired) electrons. The van der Waals surface area contributed by atoms with Crippen molar-refractivity contribution in [3.8, 4) is 0 Å². The summed E-state index contributed by atoms with van der Waals surface area (Å²) < 4.78 is 41.0. The van der Waals surface area contributed by atoms with Crippen molar-refractivity contribution in [1.82, 2.24) is 14.8 Å². The van der Waals surface area contributed by atoms with Crippen LogP contribution in [0.5, 0.6) is 0 Å². The number of benzene rings is 2. The van der Waals surface area contributed by atoms with E-state index in [-0.39, 0.29) is 23.1 Å². The third-order valence-electron chi connectivity index (χ3n) is 5.32. The molecular formula is C23H28FN3O3S. The van der Waals surface area contributed by atoms with Crippen molar-refractivity contribution < 1.29 is 17.6 Å². The Bertz CT molecular complexity index is 1140. The lowest BCUT2D eigenvalue weighted by molar-refractivity contribution is -0.121. The van der Waals surface area contributed by atoms with Gasteiger partial charge in [0, 0.05) is 30.2 Å². The molecule has 3 rings (SSSR count). The van der Waals surface area contributed by atoms with Crippen molar-refractivity contribution >= 4 is 26.6 Å². The number of hydrogen-bond acceptors (Lipinski definition) is 4. The average Bonchev–Trinajstić information content (AvgIpc) is 3.12. The van der Waals surface area contributed by atoms with Crippen molar-refractivity contribution in [2.24, 2.45) is 0 Å². The number of rotatable bonds is 10. The molecular weight excluding hydrogens is 417 g/mol. The van der Waals surface area contributed by atoms with Crippen LogP contribution in [0.25, 0.3) is 10.9 Å². The van der Waals surface area contributed by atoms with Crippen LogP contribution in [0.1, 0.15) is 19.4 Å². The van der Waals surface area contributed by atoms with Crippen molar-refractivity contribution in [3.63, 3.8) is 0 Å². The Labute approximate surface area is 182 Å². The molecule has 0 aliphatic carbocycles. The Morgan fingerprint density at radius 1 is 1.06 bits per heavy atom. The molecule has 8 heteroatoms. The number of carbonyl (C=O) groups is 1. The minimum absolute atomic E-state index is 0.0326. The van der Waals surface area contributed by atoms with E-state index in [4.69, 9.17) is 0 Å².